The van der Waals surface area contributed by atoms with Gasteiger partial charge in [-0.3, -0.25) is 4.79 Å². The Hall–Kier alpha value is -1.11. The van der Waals surface area contributed by atoms with Crippen LogP contribution in [0.15, 0.2) is 18.2 Å². The van der Waals surface area contributed by atoms with Crippen LogP contribution in [0.3, 0.4) is 0 Å². The molecule has 0 aliphatic carbocycles. The topological polar surface area (TPSA) is 55.6 Å². The molecule has 0 saturated heterocycles. The van der Waals surface area contributed by atoms with Crippen molar-refractivity contribution in [3.05, 3.63) is 28.8 Å². The van der Waals surface area contributed by atoms with E-state index in [1.54, 1.807) is 7.05 Å². The van der Waals surface area contributed by atoms with Crippen LogP contribution >= 0.6 is 24.0 Å². The van der Waals surface area contributed by atoms with Crippen LogP contribution in [-0.2, 0) is 0 Å². The molecule has 0 fully saturated rings. The number of carbonyl (C=O) groups excluding carboxylic acids is 1. The zero-order valence-electron chi connectivity index (χ0n) is 13.3. The van der Waals surface area contributed by atoms with Crippen LogP contribution in [0.2, 0.25) is 5.02 Å². The molecule has 0 bridgehead atoms. The van der Waals surface area contributed by atoms with E-state index in [1.807, 2.05) is 13.8 Å². The number of nitrogens with two attached hydrogens (primary N) is 1. The van der Waals surface area contributed by atoms with Crippen molar-refractivity contribution in [3.63, 3.8) is 0 Å². The summed E-state index contributed by atoms with van der Waals surface area (Å²) in [6.45, 7) is 1.40. The third-order valence-corrected chi connectivity index (χ3v) is 3.62. The number of alkyl halides is 2. The van der Waals surface area contributed by atoms with Crippen molar-refractivity contribution < 1.29 is 18.3 Å². The molecule has 0 saturated carbocycles. The monoisotopic (exact) mass is 370 g/mol. The number of benzene rings is 1. The Morgan fingerprint density at radius 1 is 1.39 bits per heavy atom. The highest BCUT2D eigenvalue weighted by molar-refractivity contribution is 6.31. The fourth-order valence-corrected chi connectivity index (χ4v) is 2.02. The fraction of sp³-hybridized carbons (Fsp3) is 0.533. The highest BCUT2D eigenvalue weighted by Gasteiger charge is 2.20. The Kier molecular flexibility index (Phi) is 9.42. The quantitative estimate of drug-likeness (QED) is 0.793. The summed E-state index contributed by atoms with van der Waals surface area (Å²) in [7, 11) is 1.59. The lowest BCUT2D eigenvalue weighted by atomic mass is 10.0. The molecule has 0 aliphatic heterocycles. The summed E-state index contributed by atoms with van der Waals surface area (Å²) in [5.41, 5.74) is 5.95. The first-order valence-corrected chi connectivity index (χ1v) is 7.35. The number of ether oxygens (including phenoxy) is 1. The molecule has 1 aromatic rings. The predicted octanol–water partition coefficient (Wildman–Crippen LogP) is 3.81. The van der Waals surface area contributed by atoms with Gasteiger partial charge in [0, 0.05) is 24.7 Å². The van der Waals surface area contributed by atoms with Gasteiger partial charge in [0.25, 0.3) is 5.91 Å². The maximum Gasteiger partial charge on any atom is 0.387 e. The van der Waals surface area contributed by atoms with Crippen LogP contribution < -0.4 is 10.5 Å². The normalized spacial score (nSPS) is 12.0. The van der Waals surface area contributed by atoms with Crippen LogP contribution in [0, 0.1) is 5.92 Å². The zero-order valence-corrected chi connectivity index (χ0v) is 14.8. The third-order valence-electron chi connectivity index (χ3n) is 3.39. The van der Waals surface area contributed by atoms with Crippen LogP contribution in [0.25, 0.3) is 0 Å². The van der Waals surface area contributed by atoms with Gasteiger partial charge in [0.1, 0.15) is 5.75 Å². The number of hydrogen-bond acceptors (Lipinski definition) is 3. The summed E-state index contributed by atoms with van der Waals surface area (Å²) in [6, 6.07) is 3.94. The Labute approximate surface area is 146 Å². The lowest BCUT2D eigenvalue weighted by Gasteiger charge is -2.22. The van der Waals surface area contributed by atoms with Crippen molar-refractivity contribution in [1.29, 1.82) is 0 Å². The molecule has 1 atom stereocenters. The summed E-state index contributed by atoms with van der Waals surface area (Å²) in [5, 5.41) is 0.275. The second-order valence-corrected chi connectivity index (χ2v) is 5.88. The Morgan fingerprint density at radius 3 is 2.52 bits per heavy atom. The molecule has 132 valence electrons. The average Bonchev–Trinajstić information content (AvgIpc) is 2.44. The maximum absolute atomic E-state index is 12.4. The lowest BCUT2D eigenvalue weighted by molar-refractivity contribution is -0.0502. The van der Waals surface area contributed by atoms with Crippen molar-refractivity contribution in [2.75, 3.05) is 13.6 Å². The summed E-state index contributed by atoms with van der Waals surface area (Å²) < 4.78 is 29.2. The molecule has 1 amide bonds. The van der Waals surface area contributed by atoms with Gasteiger partial charge in [-0.25, -0.2) is 0 Å². The van der Waals surface area contributed by atoms with E-state index in [1.165, 1.54) is 23.1 Å². The molecule has 1 rings (SSSR count). The molecular formula is C15H22Cl2F2N2O2. The first-order valence-electron chi connectivity index (χ1n) is 6.97. The Balaban J connectivity index is 0.00000484. The number of nitrogens with zero attached hydrogens (tertiary/aromatic N) is 1. The number of hydrogen-bond donors (Lipinski definition) is 1. The summed E-state index contributed by atoms with van der Waals surface area (Å²) in [6.07, 6.45) is 0.617. The molecule has 4 nitrogen and oxygen atoms in total. The van der Waals surface area contributed by atoms with Gasteiger partial charge in [0.15, 0.2) is 0 Å². The lowest BCUT2D eigenvalue weighted by Crippen LogP contribution is -2.34. The van der Waals surface area contributed by atoms with Gasteiger partial charge in [0.2, 0.25) is 0 Å². The highest BCUT2D eigenvalue weighted by Crippen LogP contribution is 2.25. The minimum atomic E-state index is -3.01. The largest absolute Gasteiger partial charge is 0.434 e. The van der Waals surface area contributed by atoms with Crippen LogP contribution in [0.5, 0.6) is 5.75 Å². The molecule has 0 heterocycles. The number of carbonyl (C=O) groups is 1. The van der Waals surface area contributed by atoms with E-state index in [2.05, 4.69) is 4.74 Å². The molecular weight excluding hydrogens is 349 g/mol. The van der Waals surface area contributed by atoms with E-state index >= 15 is 0 Å². The van der Waals surface area contributed by atoms with Gasteiger partial charge in [-0.15, -0.1) is 12.4 Å². The summed E-state index contributed by atoms with van der Waals surface area (Å²) in [4.78, 5) is 13.8. The first kappa shape index (κ1) is 21.9. The van der Waals surface area contributed by atoms with E-state index in [-0.39, 0.29) is 34.8 Å². The van der Waals surface area contributed by atoms with Gasteiger partial charge in [-0.05, 0) is 30.5 Å². The molecule has 0 radical (unpaired) electrons. The number of rotatable bonds is 7. The number of halogens is 4. The SMILES string of the molecule is CC(C)C(N)CCN(C)C(=O)c1cc(Cl)ccc1OC(F)F.Cl. The zero-order chi connectivity index (χ0) is 16.9. The van der Waals surface area contributed by atoms with Crippen LogP contribution in [0.1, 0.15) is 30.6 Å². The van der Waals surface area contributed by atoms with Crippen molar-refractivity contribution in [1.82, 2.24) is 4.90 Å². The Morgan fingerprint density at radius 2 is 2.00 bits per heavy atom. The van der Waals surface area contributed by atoms with E-state index < -0.39 is 12.5 Å². The second kappa shape index (κ2) is 9.90. The molecule has 1 aromatic carbocycles. The highest BCUT2D eigenvalue weighted by atomic mass is 35.5. The molecule has 2 N–H and O–H groups in total. The van der Waals surface area contributed by atoms with Gasteiger partial charge < -0.3 is 15.4 Å². The van der Waals surface area contributed by atoms with Gasteiger partial charge in [0.05, 0.1) is 5.56 Å². The van der Waals surface area contributed by atoms with Gasteiger partial charge in [-0.1, -0.05) is 25.4 Å². The number of amides is 1. The van der Waals surface area contributed by atoms with Gasteiger partial charge >= 0.3 is 6.61 Å². The predicted molar refractivity (Wildman–Crippen MR) is 89.7 cm³/mol. The van der Waals surface area contributed by atoms with E-state index in [9.17, 15) is 13.6 Å². The minimum absolute atomic E-state index is 0. The van der Waals surface area contributed by atoms with Crippen molar-refractivity contribution >= 4 is 29.9 Å². The van der Waals surface area contributed by atoms with Crippen LogP contribution in [-0.4, -0.2) is 37.1 Å². The molecule has 0 spiro atoms. The van der Waals surface area contributed by atoms with E-state index in [0.717, 1.165) is 0 Å². The van der Waals surface area contributed by atoms with Gasteiger partial charge in [-0.2, -0.15) is 8.78 Å². The standard InChI is InChI=1S/C15H21ClF2N2O2.ClH/c1-9(2)12(19)6-7-20(3)14(21)11-8-10(16)4-5-13(11)22-15(17)18;/h4-5,8-9,12,15H,6-7,19H2,1-3H3;1H. The van der Waals surface area contributed by atoms with E-state index in [0.29, 0.717) is 18.9 Å². The summed E-state index contributed by atoms with van der Waals surface area (Å²) >= 11 is 5.84. The van der Waals surface area contributed by atoms with E-state index in [4.69, 9.17) is 17.3 Å². The maximum atomic E-state index is 12.4. The average molecular weight is 371 g/mol. The molecule has 8 heteroatoms. The van der Waals surface area contributed by atoms with Crippen molar-refractivity contribution in [2.45, 2.75) is 32.9 Å². The first-order chi connectivity index (χ1) is 10.2. The summed E-state index contributed by atoms with van der Waals surface area (Å²) in [5.74, 6) is -0.328. The molecule has 23 heavy (non-hydrogen) atoms. The molecule has 1 unspecified atom stereocenters. The fourth-order valence-electron chi connectivity index (χ4n) is 1.85. The van der Waals surface area contributed by atoms with Crippen LogP contribution in [0.4, 0.5) is 8.78 Å². The third kappa shape index (κ3) is 6.89. The second-order valence-electron chi connectivity index (χ2n) is 5.44. The Bertz CT molecular complexity index is 516. The minimum Gasteiger partial charge on any atom is -0.434 e. The molecule has 0 aliphatic rings. The molecule has 0 aromatic heterocycles. The smallest absolute Gasteiger partial charge is 0.387 e. The van der Waals surface area contributed by atoms with Crippen molar-refractivity contribution in [2.24, 2.45) is 11.7 Å². The van der Waals surface area contributed by atoms with Crippen molar-refractivity contribution in [3.8, 4) is 5.75 Å².